The van der Waals surface area contributed by atoms with Crippen LogP contribution in [0.1, 0.15) is 31.2 Å². The number of nitrogens with zero attached hydrogens (tertiary/aromatic N) is 1. The van der Waals surface area contributed by atoms with E-state index in [1.807, 2.05) is 0 Å². The van der Waals surface area contributed by atoms with Gasteiger partial charge >= 0.3 is 6.18 Å². The number of nitrogens with one attached hydrogen (secondary N) is 1. The Balaban J connectivity index is 1.89. The minimum Gasteiger partial charge on any atom is -0.370 e. The summed E-state index contributed by atoms with van der Waals surface area (Å²) in [6.45, 7) is 0.651. The van der Waals surface area contributed by atoms with Crippen LogP contribution >= 0.6 is 11.6 Å². The fourth-order valence-electron chi connectivity index (χ4n) is 2.28. The maximum atomic E-state index is 12.5. The van der Waals surface area contributed by atoms with E-state index in [1.165, 1.54) is 6.20 Å². The van der Waals surface area contributed by atoms with E-state index in [2.05, 4.69) is 10.3 Å². The Kier molecular flexibility index (Phi) is 4.55. The number of hydrogen-bond acceptors (Lipinski definition) is 2. The summed E-state index contributed by atoms with van der Waals surface area (Å²) in [5.74, 6) is 0.745. The maximum Gasteiger partial charge on any atom is 0.416 e. The Morgan fingerprint density at radius 1 is 1.26 bits per heavy atom. The van der Waals surface area contributed by atoms with Crippen LogP contribution in [0.5, 0.6) is 0 Å². The summed E-state index contributed by atoms with van der Waals surface area (Å²) in [7, 11) is 0. The number of aromatic nitrogens is 1. The summed E-state index contributed by atoms with van der Waals surface area (Å²) in [5.41, 5.74) is -0.672. The third-order valence-electron chi connectivity index (χ3n) is 3.44. The average Bonchev–Trinajstić information content (AvgIpc) is 2.37. The van der Waals surface area contributed by atoms with Gasteiger partial charge in [0.2, 0.25) is 0 Å². The Morgan fingerprint density at radius 3 is 2.58 bits per heavy atom. The lowest BCUT2D eigenvalue weighted by Crippen LogP contribution is -2.21. The molecule has 1 aliphatic rings. The highest BCUT2D eigenvalue weighted by Crippen LogP contribution is 2.31. The lowest BCUT2D eigenvalue weighted by Gasteiger charge is -2.25. The second-order valence-corrected chi connectivity index (χ2v) is 5.54. The molecule has 19 heavy (non-hydrogen) atoms. The molecule has 6 heteroatoms. The van der Waals surface area contributed by atoms with Gasteiger partial charge in [-0.1, -0.05) is 0 Å². The third kappa shape index (κ3) is 4.27. The quantitative estimate of drug-likeness (QED) is 0.840. The van der Waals surface area contributed by atoms with Gasteiger partial charge in [-0.3, -0.25) is 0 Å². The second-order valence-electron chi connectivity index (χ2n) is 4.93. The van der Waals surface area contributed by atoms with Gasteiger partial charge in [0, 0.05) is 18.1 Å². The minimum atomic E-state index is -4.32. The van der Waals surface area contributed by atoms with Crippen LogP contribution in [0.4, 0.5) is 19.0 Å². The normalized spacial score (nSPS) is 24.2. The summed E-state index contributed by atoms with van der Waals surface area (Å²) in [6, 6.07) is 2.02. The molecule has 0 unspecified atom stereocenters. The molecule has 0 aliphatic heterocycles. The Labute approximate surface area is 115 Å². The summed E-state index contributed by atoms with van der Waals surface area (Å²) < 4.78 is 37.6. The average molecular weight is 293 g/mol. The van der Waals surface area contributed by atoms with Gasteiger partial charge in [0.25, 0.3) is 0 Å². The van der Waals surface area contributed by atoms with E-state index < -0.39 is 11.7 Å². The largest absolute Gasteiger partial charge is 0.416 e. The first-order chi connectivity index (χ1) is 8.95. The first kappa shape index (κ1) is 14.4. The third-order valence-corrected chi connectivity index (χ3v) is 3.87. The van der Waals surface area contributed by atoms with Crippen LogP contribution in [0.25, 0.3) is 0 Å². The maximum absolute atomic E-state index is 12.5. The van der Waals surface area contributed by atoms with Crippen molar-refractivity contribution in [3.05, 3.63) is 23.9 Å². The van der Waals surface area contributed by atoms with Gasteiger partial charge in [-0.25, -0.2) is 4.98 Å². The number of anilines is 1. The molecule has 1 fully saturated rings. The molecule has 1 saturated carbocycles. The topological polar surface area (TPSA) is 24.9 Å². The van der Waals surface area contributed by atoms with E-state index in [4.69, 9.17) is 11.6 Å². The molecule has 2 nitrogen and oxygen atoms in total. The second kappa shape index (κ2) is 5.99. The molecular formula is C13H16ClF3N2. The van der Waals surface area contributed by atoms with Crippen molar-refractivity contribution in [2.24, 2.45) is 5.92 Å². The van der Waals surface area contributed by atoms with Crippen molar-refractivity contribution in [2.75, 3.05) is 11.9 Å². The van der Waals surface area contributed by atoms with Gasteiger partial charge in [-0.2, -0.15) is 13.2 Å². The van der Waals surface area contributed by atoms with Crippen molar-refractivity contribution < 1.29 is 13.2 Å². The monoisotopic (exact) mass is 292 g/mol. The number of hydrogen-bond donors (Lipinski definition) is 1. The summed E-state index contributed by atoms with van der Waals surface area (Å²) in [5, 5.41) is 3.24. The van der Waals surface area contributed by atoms with Gasteiger partial charge in [-0.05, 0) is 43.7 Å². The summed E-state index contributed by atoms with van der Waals surface area (Å²) in [4.78, 5) is 3.92. The van der Waals surface area contributed by atoms with E-state index in [9.17, 15) is 13.2 Å². The highest BCUT2D eigenvalue weighted by atomic mass is 35.5. The van der Waals surface area contributed by atoms with Crippen molar-refractivity contribution in [2.45, 2.75) is 37.2 Å². The SMILES string of the molecule is FC(F)(F)c1ccnc(NCC2CCC(Cl)CC2)c1. The lowest BCUT2D eigenvalue weighted by atomic mass is 9.89. The zero-order valence-corrected chi connectivity index (χ0v) is 11.1. The summed E-state index contributed by atoms with van der Waals surface area (Å²) >= 11 is 6.01. The van der Waals surface area contributed by atoms with Crippen LogP contribution in [0.2, 0.25) is 0 Å². The number of halogens is 4. The molecule has 1 heterocycles. The predicted octanol–water partition coefficient (Wildman–Crippen LogP) is 4.31. The van der Waals surface area contributed by atoms with Crippen LogP contribution < -0.4 is 5.32 Å². The molecule has 1 N–H and O–H groups in total. The molecule has 2 rings (SSSR count). The molecule has 1 aromatic heterocycles. The molecule has 0 aromatic carbocycles. The Hall–Kier alpha value is -0.970. The van der Waals surface area contributed by atoms with Gasteiger partial charge in [0.1, 0.15) is 5.82 Å². The zero-order valence-electron chi connectivity index (χ0n) is 10.4. The molecule has 1 aromatic rings. The Morgan fingerprint density at radius 2 is 1.95 bits per heavy atom. The van der Waals surface area contributed by atoms with Gasteiger partial charge in [0.15, 0.2) is 0 Å². The van der Waals surface area contributed by atoms with Crippen LogP contribution in [-0.4, -0.2) is 16.9 Å². The fraction of sp³-hybridized carbons (Fsp3) is 0.615. The molecule has 0 bridgehead atoms. The predicted molar refractivity (Wildman–Crippen MR) is 69.3 cm³/mol. The standard InChI is InChI=1S/C13H16ClF3N2/c14-11-3-1-9(2-4-11)8-19-12-7-10(5-6-18-12)13(15,16)17/h5-7,9,11H,1-4,8H2,(H,18,19). The van der Waals surface area contributed by atoms with Crippen LogP contribution in [0, 0.1) is 5.92 Å². The molecule has 0 saturated heterocycles. The minimum absolute atomic E-state index is 0.253. The smallest absolute Gasteiger partial charge is 0.370 e. The number of alkyl halides is 4. The molecule has 0 radical (unpaired) electrons. The lowest BCUT2D eigenvalue weighted by molar-refractivity contribution is -0.137. The van der Waals surface area contributed by atoms with E-state index in [0.29, 0.717) is 12.5 Å². The highest BCUT2D eigenvalue weighted by molar-refractivity contribution is 6.20. The summed E-state index contributed by atoms with van der Waals surface area (Å²) in [6.07, 6.45) is 0.838. The van der Waals surface area contributed by atoms with Gasteiger partial charge < -0.3 is 5.32 Å². The van der Waals surface area contributed by atoms with Crippen molar-refractivity contribution in [1.29, 1.82) is 0 Å². The molecule has 0 amide bonds. The van der Waals surface area contributed by atoms with E-state index in [0.717, 1.165) is 37.8 Å². The van der Waals surface area contributed by atoms with Gasteiger partial charge in [0.05, 0.1) is 5.56 Å². The van der Waals surface area contributed by atoms with Crippen LogP contribution in [0.15, 0.2) is 18.3 Å². The van der Waals surface area contributed by atoms with E-state index >= 15 is 0 Å². The molecule has 1 aliphatic carbocycles. The first-order valence-corrected chi connectivity index (χ1v) is 6.80. The number of rotatable bonds is 3. The number of pyridine rings is 1. The zero-order chi connectivity index (χ0) is 13.9. The van der Waals surface area contributed by atoms with Gasteiger partial charge in [-0.15, -0.1) is 11.6 Å². The van der Waals surface area contributed by atoms with E-state index in [-0.39, 0.29) is 11.2 Å². The molecule has 0 atom stereocenters. The van der Waals surface area contributed by atoms with Crippen LogP contribution in [0.3, 0.4) is 0 Å². The van der Waals surface area contributed by atoms with Crippen molar-refractivity contribution in [3.63, 3.8) is 0 Å². The highest BCUT2D eigenvalue weighted by Gasteiger charge is 2.30. The first-order valence-electron chi connectivity index (χ1n) is 6.36. The van der Waals surface area contributed by atoms with E-state index in [1.54, 1.807) is 0 Å². The van der Waals surface area contributed by atoms with Crippen molar-refractivity contribution >= 4 is 17.4 Å². The molecule has 106 valence electrons. The molecular weight excluding hydrogens is 277 g/mol. The fourth-order valence-corrected chi connectivity index (χ4v) is 2.53. The molecule has 0 spiro atoms. The van der Waals surface area contributed by atoms with Crippen LogP contribution in [-0.2, 0) is 6.18 Å². The Bertz CT molecular complexity index is 415. The van der Waals surface area contributed by atoms with Crippen molar-refractivity contribution in [1.82, 2.24) is 4.98 Å². The van der Waals surface area contributed by atoms with Crippen molar-refractivity contribution in [3.8, 4) is 0 Å².